The third kappa shape index (κ3) is 3.56. The minimum atomic E-state index is 0. The summed E-state index contributed by atoms with van der Waals surface area (Å²) < 4.78 is 5.13. The van der Waals surface area contributed by atoms with Gasteiger partial charge < -0.3 is 10.5 Å². The van der Waals surface area contributed by atoms with Crippen molar-refractivity contribution in [3.05, 3.63) is 29.8 Å². The molecule has 0 unspecified atom stereocenters. The molecule has 0 amide bonds. The predicted octanol–water partition coefficient (Wildman–Crippen LogP) is 2.92. The van der Waals surface area contributed by atoms with Gasteiger partial charge in [0.2, 0.25) is 0 Å². The number of hydrogen-bond acceptors (Lipinski definition) is 2. The van der Waals surface area contributed by atoms with E-state index in [9.17, 15) is 0 Å². The molecule has 0 aliphatic carbocycles. The van der Waals surface area contributed by atoms with E-state index in [-0.39, 0.29) is 18.4 Å². The zero-order valence-electron chi connectivity index (χ0n) is 8.69. The average molecular weight is 216 g/mol. The highest BCUT2D eigenvalue weighted by Gasteiger charge is 2.04. The lowest BCUT2D eigenvalue weighted by molar-refractivity contribution is 0.413. The monoisotopic (exact) mass is 215 g/mol. The number of ether oxygens (including phenoxy) is 1. The van der Waals surface area contributed by atoms with Crippen LogP contribution in [-0.2, 0) is 0 Å². The molecule has 1 aromatic rings. The molecule has 14 heavy (non-hydrogen) atoms. The van der Waals surface area contributed by atoms with Gasteiger partial charge in [-0.3, -0.25) is 0 Å². The topological polar surface area (TPSA) is 35.2 Å². The first-order valence-corrected chi connectivity index (χ1v) is 4.67. The van der Waals surface area contributed by atoms with E-state index in [0.29, 0.717) is 0 Å². The Morgan fingerprint density at radius 2 is 2.14 bits per heavy atom. The quantitative estimate of drug-likeness (QED) is 0.838. The minimum absolute atomic E-state index is 0. The zero-order chi connectivity index (χ0) is 9.68. The first kappa shape index (κ1) is 13.3. The Kier molecular flexibility index (Phi) is 6.34. The van der Waals surface area contributed by atoms with Crippen LogP contribution < -0.4 is 10.5 Å². The predicted molar refractivity (Wildman–Crippen MR) is 62.1 cm³/mol. The third-order valence-electron chi connectivity index (χ3n) is 2.12. The fourth-order valence-electron chi connectivity index (χ4n) is 1.35. The number of hydrogen-bond donors (Lipinski definition) is 1. The molecule has 1 rings (SSSR count). The Balaban J connectivity index is 0.00000169. The van der Waals surface area contributed by atoms with E-state index in [2.05, 4.69) is 6.92 Å². The molecule has 0 aliphatic heterocycles. The van der Waals surface area contributed by atoms with Gasteiger partial charge in [-0.15, -0.1) is 12.4 Å². The van der Waals surface area contributed by atoms with Gasteiger partial charge in [-0.25, -0.2) is 0 Å². The van der Waals surface area contributed by atoms with Gasteiger partial charge >= 0.3 is 0 Å². The van der Waals surface area contributed by atoms with Crippen molar-refractivity contribution in [1.82, 2.24) is 0 Å². The molecule has 0 saturated carbocycles. The van der Waals surface area contributed by atoms with E-state index < -0.39 is 0 Å². The van der Waals surface area contributed by atoms with E-state index in [0.717, 1.165) is 24.2 Å². The van der Waals surface area contributed by atoms with Crippen LogP contribution in [0.1, 0.15) is 31.4 Å². The molecule has 2 nitrogen and oxygen atoms in total. The molecule has 80 valence electrons. The molecule has 0 aliphatic rings. The second-order valence-corrected chi connectivity index (χ2v) is 3.17. The lowest BCUT2D eigenvalue weighted by Gasteiger charge is -2.11. The summed E-state index contributed by atoms with van der Waals surface area (Å²) in [5, 5.41) is 0. The average Bonchev–Trinajstić information content (AvgIpc) is 2.18. The second kappa shape index (κ2) is 6.68. The van der Waals surface area contributed by atoms with E-state index >= 15 is 0 Å². The molecule has 0 spiro atoms. The Morgan fingerprint density at radius 3 is 2.71 bits per heavy atom. The van der Waals surface area contributed by atoms with Gasteiger partial charge in [0.15, 0.2) is 0 Å². The first-order chi connectivity index (χ1) is 6.27. The fourth-order valence-corrected chi connectivity index (χ4v) is 1.35. The standard InChI is InChI=1S/C11H17NO.ClH/c1-3-5-11(12)9-6-4-7-10(8-9)13-2;/h4,6-8,11H,3,5,12H2,1-2H3;1H/t11-;/m0./s1. The normalized spacial score (nSPS) is 11.6. The van der Waals surface area contributed by atoms with Crippen LogP contribution in [0.25, 0.3) is 0 Å². The zero-order valence-corrected chi connectivity index (χ0v) is 9.51. The van der Waals surface area contributed by atoms with Gasteiger partial charge in [0, 0.05) is 6.04 Å². The van der Waals surface area contributed by atoms with Crippen molar-refractivity contribution in [2.45, 2.75) is 25.8 Å². The molecule has 0 radical (unpaired) electrons. The Bertz CT molecular complexity index is 265. The van der Waals surface area contributed by atoms with Crippen LogP contribution in [0.5, 0.6) is 5.75 Å². The van der Waals surface area contributed by atoms with Crippen LogP contribution in [0.2, 0.25) is 0 Å². The number of methoxy groups -OCH3 is 1. The molecule has 0 aromatic heterocycles. The smallest absolute Gasteiger partial charge is 0.119 e. The van der Waals surface area contributed by atoms with Crippen LogP contribution in [0.3, 0.4) is 0 Å². The molecule has 0 saturated heterocycles. The summed E-state index contributed by atoms with van der Waals surface area (Å²) in [5.41, 5.74) is 7.13. The number of nitrogens with two attached hydrogens (primary N) is 1. The molecular weight excluding hydrogens is 198 g/mol. The molecule has 0 fully saturated rings. The molecule has 0 bridgehead atoms. The fraction of sp³-hybridized carbons (Fsp3) is 0.455. The molecule has 0 heterocycles. The van der Waals surface area contributed by atoms with Crippen molar-refractivity contribution in [1.29, 1.82) is 0 Å². The van der Waals surface area contributed by atoms with Gasteiger partial charge in [0.05, 0.1) is 7.11 Å². The summed E-state index contributed by atoms with van der Waals surface area (Å²) in [6.45, 7) is 2.14. The molecule has 1 aromatic carbocycles. The van der Waals surface area contributed by atoms with E-state index in [4.69, 9.17) is 10.5 Å². The lowest BCUT2D eigenvalue weighted by atomic mass is 10.0. The highest BCUT2D eigenvalue weighted by atomic mass is 35.5. The van der Waals surface area contributed by atoms with E-state index in [1.54, 1.807) is 7.11 Å². The highest BCUT2D eigenvalue weighted by molar-refractivity contribution is 5.85. The van der Waals surface area contributed by atoms with Crippen LogP contribution in [0.15, 0.2) is 24.3 Å². The second-order valence-electron chi connectivity index (χ2n) is 3.17. The Hall–Kier alpha value is -0.730. The Labute approximate surface area is 91.9 Å². The SMILES string of the molecule is CCC[C@H](N)c1cccc(OC)c1.Cl. The van der Waals surface area contributed by atoms with Gasteiger partial charge in [0.25, 0.3) is 0 Å². The summed E-state index contributed by atoms with van der Waals surface area (Å²) in [4.78, 5) is 0. The van der Waals surface area contributed by atoms with Crippen molar-refractivity contribution in [3.63, 3.8) is 0 Å². The summed E-state index contributed by atoms with van der Waals surface area (Å²) in [6, 6.07) is 8.09. The summed E-state index contributed by atoms with van der Waals surface area (Å²) in [5.74, 6) is 0.879. The van der Waals surface area contributed by atoms with Crippen LogP contribution in [0.4, 0.5) is 0 Å². The van der Waals surface area contributed by atoms with Crippen LogP contribution >= 0.6 is 12.4 Å². The molecule has 2 N–H and O–H groups in total. The van der Waals surface area contributed by atoms with Gasteiger partial charge in [-0.05, 0) is 24.1 Å². The first-order valence-electron chi connectivity index (χ1n) is 4.67. The summed E-state index contributed by atoms with van der Waals surface area (Å²) in [7, 11) is 1.67. The maximum absolute atomic E-state index is 5.97. The summed E-state index contributed by atoms with van der Waals surface area (Å²) in [6.07, 6.45) is 2.13. The maximum Gasteiger partial charge on any atom is 0.119 e. The third-order valence-corrected chi connectivity index (χ3v) is 2.12. The van der Waals surface area contributed by atoms with Crippen molar-refractivity contribution < 1.29 is 4.74 Å². The number of benzene rings is 1. The number of halogens is 1. The van der Waals surface area contributed by atoms with E-state index in [1.807, 2.05) is 24.3 Å². The summed E-state index contributed by atoms with van der Waals surface area (Å²) >= 11 is 0. The maximum atomic E-state index is 5.97. The van der Waals surface area contributed by atoms with Crippen LogP contribution in [-0.4, -0.2) is 7.11 Å². The van der Waals surface area contributed by atoms with Gasteiger partial charge in [-0.1, -0.05) is 25.5 Å². The van der Waals surface area contributed by atoms with Crippen molar-refractivity contribution in [3.8, 4) is 5.75 Å². The minimum Gasteiger partial charge on any atom is -0.497 e. The van der Waals surface area contributed by atoms with Crippen molar-refractivity contribution in [2.75, 3.05) is 7.11 Å². The van der Waals surface area contributed by atoms with Crippen molar-refractivity contribution in [2.24, 2.45) is 5.73 Å². The lowest BCUT2D eigenvalue weighted by Crippen LogP contribution is -2.09. The molecule has 1 atom stereocenters. The molecular formula is C11H18ClNO. The van der Waals surface area contributed by atoms with E-state index in [1.165, 1.54) is 0 Å². The van der Waals surface area contributed by atoms with Crippen LogP contribution in [0, 0.1) is 0 Å². The Morgan fingerprint density at radius 1 is 1.43 bits per heavy atom. The number of rotatable bonds is 4. The largest absolute Gasteiger partial charge is 0.497 e. The van der Waals surface area contributed by atoms with Gasteiger partial charge in [-0.2, -0.15) is 0 Å². The van der Waals surface area contributed by atoms with Gasteiger partial charge in [0.1, 0.15) is 5.75 Å². The molecule has 3 heteroatoms. The highest BCUT2D eigenvalue weighted by Crippen LogP contribution is 2.20. The van der Waals surface area contributed by atoms with Crippen molar-refractivity contribution >= 4 is 12.4 Å².